The number of morpholine rings is 1. The number of nitrogens with one attached hydrogen (secondary N) is 1. The van der Waals surface area contributed by atoms with Crippen molar-refractivity contribution in [1.82, 2.24) is 9.88 Å². The molecule has 2 atom stereocenters. The van der Waals surface area contributed by atoms with Crippen LogP contribution < -0.4 is 0 Å². The standard InChI is InChI=1S/C15H16N2O2/c18-15(17-8-11-5-6-12(9-17)19-11)14-7-10-3-1-2-4-13(10)16-14/h1-4,7,11-12,16H,5-6,8-9H2. The number of benzene rings is 1. The van der Waals surface area contributed by atoms with Crippen molar-refractivity contribution in [3.63, 3.8) is 0 Å². The van der Waals surface area contributed by atoms with Crippen molar-refractivity contribution in [2.45, 2.75) is 25.0 Å². The van der Waals surface area contributed by atoms with Gasteiger partial charge in [0.25, 0.3) is 5.91 Å². The molecule has 4 rings (SSSR count). The summed E-state index contributed by atoms with van der Waals surface area (Å²) in [5.74, 6) is 0.0939. The summed E-state index contributed by atoms with van der Waals surface area (Å²) >= 11 is 0. The minimum absolute atomic E-state index is 0.0939. The number of likely N-dealkylation sites (tertiary alicyclic amines) is 1. The van der Waals surface area contributed by atoms with Crippen LogP contribution >= 0.6 is 0 Å². The number of aromatic amines is 1. The maximum atomic E-state index is 12.5. The number of hydrogen-bond acceptors (Lipinski definition) is 2. The second-order valence-electron chi connectivity index (χ2n) is 5.44. The normalized spacial score (nSPS) is 26.0. The number of fused-ring (bicyclic) bond motifs is 3. The fraction of sp³-hybridized carbons (Fsp3) is 0.400. The Balaban J connectivity index is 1.62. The van der Waals surface area contributed by atoms with Gasteiger partial charge in [0.1, 0.15) is 5.69 Å². The summed E-state index contributed by atoms with van der Waals surface area (Å²) in [6.45, 7) is 1.45. The van der Waals surface area contributed by atoms with Gasteiger partial charge in [-0.1, -0.05) is 18.2 Å². The Bertz CT molecular complexity index is 589. The highest BCUT2D eigenvalue weighted by Gasteiger charge is 2.36. The van der Waals surface area contributed by atoms with Gasteiger partial charge in [-0.25, -0.2) is 0 Å². The maximum absolute atomic E-state index is 12.5. The van der Waals surface area contributed by atoms with Crippen molar-refractivity contribution in [3.05, 3.63) is 36.0 Å². The van der Waals surface area contributed by atoms with E-state index in [1.807, 2.05) is 35.2 Å². The minimum Gasteiger partial charge on any atom is -0.371 e. The van der Waals surface area contributed by atoms with E-state index in [1.165, 1.54) is 0 Å². The van der Waals surface area contributed by atoms with Crippen molar-refractivity contribution in [2.75, 3.05) is 13.1 Å². The highest BCUT2D eigenvalue weighted by Crippen LogP contribution is 2.27. The predicted molar refractivity (Wildman–Crippen MR) is 72.1 cm³/mol. The number of amides is 1. The van der Waals surface area contributed by atoms with E-state index >= 15 is 0 Å². The second kappa shape index (κ2) is 4.10. The van der Waals surface area contributed by atoms with Gasteiger partial charge in [0.2, 0.25) is 0 Å². The average molecular weight is 256 g/mol. The smallest absolute Gasteiger partial charge is 0.270 e. The van der Waals surface area contributed by atoms with Crippen LogP contribution in [0.25, 0.3) is 10.9 Å². The van der Waals surface area contributed by atoms with Crippen LogP contribution in [0.2, 0.25) is 0 Å². The first-order valence-electron chi connectivity index (χ1n) is 6.82. The molecule has 0 radical (unpaired) electrons. The molecule has 3 heterocycles. The lowest BCUT2D eigenvalue weighted by Gasteiger charge is -2.31. The van der Waals surface area contributed by atoms with Crippen LogP contribution in [0.3, 0.4) is 0 Å². The van der Waals surface area contributed by atoms with Crippen molar-refractivity contribution >= 4 is 16.8 Å². The van der Waals surface area contributed by atoms with E-state index in [0.29, 0.717) is 5.69 Å². The summed E-state index contributed by atoms with van der Waals surface area (Å²) in [5.41, 5.74) is 1.70. The Morgan fingerprint density at radius 1 is 1.21 bits per heavy atom. The quantitative estimate of drug-likeness (QED) is 0.850. The number of aromatic nitrogens is 1. The molecule has 98 valence electrons. The number of H-pyrrole nitrogens is 1. The van der Waals surface area contributed by atoms with Gasteiger partial charge in [-0.2, -0.15) is 0 Å². The lowest BCUT2D eigenvalue weighted by atomic mass is 10.2. The molecule has 2 fully saturated rings. The van der Waals surface area contributed by atoms with E-state index in [9.17, 15) is 4.79 Å². The maximum Gasteiger partial charge on any atom is 0.270 e. The van der Waals surface area contributed by atoms with E-state index in [2.05, 4.69) is 4.98 Å². The monoisotopic (exact) mass is 256 g/mol. The van der Waals surface area contributed by atoms with Gasteiger partial charge in [-0.15, -0.1) is 0 Å². The molecular weight excluding hydrogens is 240 g/mol. The van der Waals surface area contributed by atoms with Crippen LogP contribution in [0.1, 0.15) is 23.3 Å². The summed E-state index contributed by atoms with van der Waals surface area (Å²) in [5, 5.41) is 1.09. The molecule has 19 heavy (non-hydrogen) atoms. The first-order chi connectivity index (χ1) is 9.29. The molecule has 2 unspecified atom stereocenters. The van der Waals surface area contributed by atoms with Gasteiger partial charge in [0.15, 0.2) is 0 Å². The van der Waals surface area contributed by atoms with Gasteiger partial charge in [-0.3, -0.25) is 4.79 Å². The molecule has 0 saturated carbocycles. The Hall–Kier alpha value is -1.81. The summed E-state index contributed by atoms with van der Waals surface area (Å²) in [6.07, 6.45) is 2.65. The molecule has 2 aromatic rings. The molecule has 0 spiro atoms. The zero-order chi connectivity index (χ0) is 12.8. The summed E-state index contributed by atoms with van der Waals surface area (Å²) in [6, 6.07) is 9.91. The molecule has 2 aliphatic heterocycles. The molecule has 1 aromatic carbocycles. The van der Waals surface area contributed by atoms with Gasteiger partial charge in [0.05, 0.1) is 12.2 Å². The molecule has 1 aromatic heterocycles. The third-order valence-electron chi connectivity index (χ3n) is 4.09. The number of carbonyl (C=O) groups is 1. The first-order valence-corrected chi connectivity index (χ1v) is 6.82. The third-order valence-corrected chi connectivity index (χ3v) is 4.09. The van der Waals surface area contributed by atoms with Gasteiger partial charge < -0.3 is 14.6 Å². The summed E-state index contributed by atoms with van der Waals surface area (Å²) < 4.78 is 5.77. The zero-order valence-corrected chi connectivity index (χ0v) is 10.6. The summed E-state index contributed by atoms with van der Waals surface area (Å²) in [4.78, 5) is 17.7. The number of ether oxygens (including phenoxy) is 1. The van der Waals surface area contributed by atoms with Crippen LogP contribution in [-0.2, 0) is 4.74 Å². The van der Waals surface area contributed by atoms with Gasteiger partial charge >= 0.3 is 0 Å². The number of rotatable bonds is 1. The van der Waals surface area contributed by atoms with E-state index in [4.69, 9.17) is 4.74 Å². The second-order valence-corrected chi connectivity index (χ2v) is 5.44. The van der Waals surface area contributed by atoms with Crippen molar-refractivity contribution in [2.24, 2.45) is 0 Å². The van der Waals surface area contributed by atoms with Crippen molar-refractivity contribution < 1.29 is 9.53 Å². The Labute approximate surface area is 111 Å². The molecule has 4 heteroatoms. The minimum atomic E-state index is 0.0939. The number of carbonyl (C=O) groups excluding carboxylic acids is 1. The fourth-order valence-electron chi connectivity index (χ4n) is 3.14. The topological polar surface area (TPSA) is 45.3 Å². The van der Waals surface area contributed by atoms with Gasteiger partial charge in [-0.05, 0) is 25.0 Å². The number of nitrogens with zero attached hydrogens (tertiary/aromatic N) is 1. The van der Waals surface area contributed by atoms with Crippen LogP contribution in [-0.4, -0.2) is 41.1 Å². The Morgan fingerprint density at radius 3 is 2.68 bits per heavy atom. The fourth-order valence-corrected chi connectivity index (χ4v) is 3.14. The molecule has 2 bridgehead atoms. The van der Waals surface area contributed by atoms with Crippen LogP contribution in [0, 0.1) is 0 Å². The molecule has 2 saturated heterocycles. The first kappa shape index (κ1) is 11.1. The Kier molecular flexibility index (Phi) is 2.38. The van der Waals surface area contributed by atoms with E-state index < -0.39 is 0 Å². The van der Waals surface area contributed by atoms with E-state index in [1.54, 1.807) is 0 Å². The lowest BCUT2D eigenvalue weighted by molar-refractivity contribution is -0.0305. The number of para-hydroxylation sites is 1. The molecule has 1 amide bonds. The van der Waals surface area contributed by atoms with Crippen LogP contribution in [0.4, 0.5) is 0 Å². The molecule has 2 aliphatic rings. The van der Waals surface area contributed by atoms with Gasteiger partial charge in [0, 0.05) is 24.0 Å². The van der Waals surface area contributed by atoms with Crippen molar-refractivity contribution in [1.29, 1.82) is 0 Å². The molecular formula is C15H16N2O2. The highest BCUT2D eigenvalue weighted by molar-refractivity contribution is 5.98. The van der Waals surface area contributed by atoms with Crippen LogP contribution in [0.5, 0.6) is 0 Å². The molecule has 4 nitrogen and oxygen atoms in total. The van der Waals surface area contributed by atoms with Crippen molar-refractivity contribution in [3.8, 4) is 0 Å². The van der Waals surface area contributed by atoms with E-state index in [0.717, 1.165) is 36.8 Å². The molecule has 1 N–H and O–H groups in total. The third kappa shape index (κ3) is 1.83. The average Bonchev–Trinajstić information content (AvgIpc) is 3.01. The lowest BCUT2D eigenvalue weighted by Crippen LogP contribution is -2.45. The largest absolute Gasteiger partial charge is 0.371 e. The van der Waals surface area contributed by atoms with E-state index in [-0.39, 0.29) is 18.1 Å². The zero-order valence-electron chi connectivity index (χ0n) is 10.6. The van der Waals surface area contributed by atoms with Crippen LogP contribution in [0.15, 0.2) is 30.3 Å². The summed E-state index contributed by atoms with van der Waals surface area (Å²) in [7, 11) is 0. The molecule has 0 aliphatic carbocycles. The number of hydrogen-bond donors (Lipinski definition) is 1. The Morgan fingerprint density at radius 2 is 1.95 bits per heavy atom. The SMILES string of the molecule is O=C(c1cc2ccccc2[nH]1)N1CC2CCC(C1)O2. The predicted octanol–water partition coefficient (Wildman–Crippen LogP) is 2.17. The highest BCUT2D eigenvalue weighted by atomic mass is 16.5.